The fourth-order valence-corrected chi connectivity index (χ4v) is 0.969. The molecule has 0 unspecified atom stereocenters. The van der Waals surface area contributed by atoms with E-state index in [2.05, 4.69) is 9.97 Å². The molecule has 1 aromatic heterocycles. The summed E-state index contributed by atoms with van der Waals surface area (Å²) >= 11 is 1.38. The smallest absolute Gasteiger partial charge is 0.293 e. The van der Waals surface area contributed by atoms with E-state index in [0.29, 0.717) is 5.16 Å². The molecule has 0 fully saturated rings. The maximum Gasteiger partial charge on any atom is 0.293 e. The molecule has 0 bridgehead atoms. The minimum atomic E-state index is -0.244. The summed E-state index contributed by atoms with van der Waals surface area (Å²) in [7, 11) is 1.44. The standard InChI is InChI=1S/C6H8N2O2S/c1-10-4-3-7-6(11-2)8-5(4)9/h3H,1-2H3,(H,7,8,9). The van der Waals surface area contributed by atoms with Gasteiger partial charge in [0.05, 0.1) is 13.3 Å². The first kappa shape index (κ1) is 8.13. The van der Waals surface area contributed by atoms with E-state index >= 15 is 0 Å². The Morgan fingerprint density at radius 3 is 2.91 bits per heavy atom. The van der Waals surface area contributed by atoms with Crippen LogP contribution in [-0.2, 0) is 0 Å². The largest absolute Gasteiger partial charge is 0.490 e. The molecule has 1 heterocycles. The van der Waals surface area contributed by atoms with Gasteiger partial charge in [0.2, 0.25) is 5.75 Å². The first-order chi connectivity index (χ1) is 5.27. The zero-order valence-corrected chi connectivity index (χ0v) is 7.07. The molecule has 0 aliphatic rings. The van der Waals surface area contributed by atoms with Crippen molar-refractivity contribution in [1.29, 1.82) is 0 Å². The van der Waals surface area contributed by atoms with Crippen LogP contribution in [0.15, 0.2) is 16.1 Å². The topological polar surface area (TPSA) is 55.0 Å². The third kappa shape index (κ3) is 1.74. The van der Waals surface area contributed by atoms with Crippen molar-refractivity contribution in [3.05, 3.63) is 16.6 Å². The van der Waals surface area contributed by atoms with E-state index in [9.17, 15) is 4.79 Å². The second kappa shape index (κ2) is 3.43. The van der Waals surface area contributed by atoms with E-state index in [1.165, 1.54) is 25.1 Å². The second-order valence-corrected chi connectivity index (χ2v) is 2.58. The normalized spacial score (nSPS) is 9.64. The average molecular weight is 172 g/mol. The lowest BCUT2D eigenvalue weighted by molar-refractivity contribution is 0.404. The van der Waals surface area contributed by atoms with Crippen LogP contribution in [-0.4, -0.2) is 23.3 Å². The van der Waals surface area contributed by atoms with Crippen LogP contribution in [0, 0.1) is 0 Å². The Morgan fingerprint density at radius 1 is 1.73 bits per heavy atom. The SMILES string of the molecule is COc1cnc(SC)[nH]c1=O. The van der Waals surface area contributed by atoms with Gasteiger partial charge in [-0.15, -0.1) is 0 Å². The van der Waals surface area contributed by atoms with Gasteiger partial charge in [-0.2, -0.15) is 0 Å². The number of nitrogens with one attached hydrogen (secondary N) is 1. The molecule has 11 heavy (non-hydrogen) atoms. The van der Waals surface area contributed by atoms with Crippen molar-refractivity contribution >= 4 is 11.8 Å². The van der Waals surface area contributed by atoms with Crippen molar-refractivity contribution in [3.8, 4) is 5.75 Å². The molecule has 60 valence electrons. The zero-order chi connectivity index (χ0) is 8.27. The van der Waals surface area contributed by atoms with Gasteiger partial charge in [-0.05, 0) is 6.26 Å². The first-order valence-electron chi connectivity index (χ1n) is 2.95. The summed E-state index contributed by atoms with van der Waals surface area (Å²) in [5.41, 5.74) is -0.244. The Labute approximate surface area is 68.0 Å². The quantitative estimate of drug-likeness (QED) is 0.521. The molecule has 0 spiro atoms. The van der Waals surface area contributed by atoms with Gasteiger partial charge in [0.1, 0.15) is 0 Å². The molecule has 5 heteroatoms. The Balaban J connectivity index is 3.10. The fourth-order valence-electron chi connectivity index (χ4n) is 0.616. The van der Waals surface area contributed by atoms with Crippen LogP contribution in [0.3, 0.4) is 0 Å². The molecule has 0 saturated carbocycles. The molecule has 0 atom stereocenters. The number of methoxy groups -OCH3 is 1. The monoisotopic (exact) mass is 172 g/mol. The number of aromatic nitrogens is 2. The molecule has 0 aliphatic heterocycles. The summed E-state index contributed by atoms with van der Waals surface area (Å²) in [6.07, 6.45) is 3.25. The molecule has 0 aliphatic carbocycles. The number of H-pyrrole nitrogens is 1. The molecule has 0 aromatic carbocycles. The molecule has 1 N–H and O–H groups in total. The van der Waals surface area contributed by atoms with Crippen molar-refractivity contribution < 1.29 is 4.74 Å². The zero-order valence-electron chi connectivity index (χ0n) is 6.25. The van der Waals surface area contributed by atoms with Gasteiger partial charge in [0.25, 0.3) is 5.56 Å². The highest BCUT2D eigenvalue weighted by molar-refractivity contribution is 7.98. The molecular formula is C6H8N2O2S. The van der Waals surface area contributed by atoms with E-state index < -0.39 is 0 Å². The van der Waals surface area contributed by atoms with Gasteiger partial charge in [-0.3, -0.25) is 9.78 Å². The first-order valence-corrected chi connectivity index (χ1v) is 4.17. The summed E-state index contributed by atoms with van der Waals surface area (Å²) in [6, 6.07) is 0. The number of aromatic amines is 1. The Hall–Kier alpha value is -0.970. The Bertz CT molecular complexity index is 297. The number of nitrogens with zero attached hydrogens (tertiary/aromatic N) is 1. The summed E-state index contributed by atoms with van der Waals surface area (Å²) in [5.74, 6) is 0.239. The van der Waals surface area contributed by atoms with Gasteiger partial charge >= 0.3 is 0 Å². The highest BCUT2D eigenvalue weighted by Gasteiger charge is 1.99. The average Bonchev–Trinajstić information content (AvgIpc) is 2.04. The lowest BCUT2D eigenvalue weighted by atomic mass is 10.6. The van der Waals surface area contributed by atoms with Gasteiger partial charge in [0, 0.05) is 0 Å². The third-order valence-electron chi connectivity index (χ3n) is 1.16. The highest BCUT2D eigenvalue weighted by Crippen LogP contribution is 2.06. The highest BCUT2D eigenvalue weighted by atomic mass is 32.2. The lowest BCUT2D eigenvalue weighted by Crippen LogP contribution is -2.10. The van der Waals surface area contributed by atoms with Crippen LogP contribution >= 0.6 is 11.8 Å². The number of ether oxygens (including phenoxy) is 1. The van der Waals surface area contributed by atoms with Crippen LogP contribution in [0.4, 0.5) is 0 Å². The van der Waals surface area contributed by atoms with E-state index in [-0.39, 0.29) is 11.3 Å². The predicted octanol–water partition coefficient (Wildman–Crippen LogP) is 0.500. The van der Waals surface area contributed by atoms with E-state index in [1.807, 2.05) is 6.26 Å². The summed E-state index contributed by atoms with van der Waals surface area (Å²) in [5, 5.41) is 0.593. The molecule has 0 amide bonds. The summed E-state index contributed by atoms with van der Waals surface area (Å²) in [6.45, 7) is 0. The molecule has 1 aromatic rings. The number of rotatable bonds is 2. The van der Waals surface area contributed by atoms with Crippen molar-refractivity contribution in [2.45, 2.75) is 5.16 Å². The Morgan fingerprint density at radius 2 is 2.45 bits per heavy atom. The van der Waals surface area contributed by atoms with Gasteiger partial charge in [0.15, 0.2) is 5.16 Å². The molecule has 0 saturated heterocycles. The van der Waals surface area contributed by atoms with Gasteiger partial charge < -0.3 is 4.74 Å². The van der Waals surface area contributed by atoms with Crippen LogP contribution in [0.5, 0.6) is 5.75 Å². The number of hydrogen-bond donors (Lipinski definition) is 1. The Kier molecular flexibility index (Phi) is 2.53. The third-order valence-corrected chi connectivity index (χ3v) is 1.75. The summed E-state index contributed by atoms with van der Waals surface area (Å²) in [4.78, 5) is 17.5. The molecule has 0 radical (unpaired) electrons. The second-order valence-electron chi connectivity index (χ2n) is 1.79. The van der Waals surface area contributed by atoms with E-state index in [4.69, 9.17) is 4.74 Å². The van der Waals surface area contributed by atoms with Crippen LogP contribution in [0.2, 0.25) is 0 Å². The molecular weight excluding hydrogens is 164 g/mol. The van der Waals surface area contributed by atoms with Crippen LogP contribution < -0.4 is 10.3 Å². The number of hydrogen-bond acceptors (Lipinski definition) is 4. The van der Waals surface area contributed by atoms with E-state index in [0.717, 1.165) is 0 Å². The van der Waals surface area contributed by atoms with Crippen molar-refractivity contribution in [2.24, 2.45) is 0 Å². The van der Waals surface area contributed by atoms with Gasteiger partial charge in [-0.1, -0.05) is 11.8 Å². The van der Waals surface area contributed by atoms with Crippen molar-refractivity contribution in [1.82, 2.24) is 9.97 Å². The number of thioether (sulfide) groups is 1. The fraction of sp³-hybridized carbons (Fsp3) is 0.333. The maximum absolute atomic E-state index is 11.0. The maximum atomic E-state index is 11.0. The predicted molar refractivity (Wildman–Crippen MR) is 43.2 cm³/mol. The minimum Gasteiger partial charge on any atom is -0.490 e. The molecule has 4 nitrogen and oxygen atoms in total. The molecule has 1 rings (SSSR count). The lowest BCUT2D eigenvalue weighted by Gasteiger charge is -1.97. The summed E-state index contributed by atoms with van der Waals surface area (Å²) < 4.78 is 4.73. The van der Waals surface area contributed by atoms with Crippen LogP contribution in [0.25, 0.3) is 0 Å². The van der Waals surface area contributed by atoms with E-state index in [1.54, 1.807) is 0 Å². The van der Waals surface area contributed by atoms with Crippen molar-refractivity contribution in [3.63, 3.8) is 0 Å². The van der Waals surface area contributed by atoms with Gasteiger partial charge in [-0.25, -0.2) is 4.98 Å². The van der Waals surface area contributed by atoms with Crippen molar-refractivity contribution in [2.75, 3.05) is 13.4 Å². The van der Waals surface area contributed by atoms with Crippen LogP contribution in [0.1, 0.15) is 0 Å². The minimum absolute atomic E-state index is 0.239.